The SMILES string of the molecule is C=Cc1ccc(C2(c3ccc(C=C)cc3)c3ccccc3-c3cc(N(c4ccc(-c5ccccc5)cc4)c4ccc(-c5ccccc5)cc4)ccc32)cc1.PPP(P)P. The van der Waals surface area contributed by atoms with Gasteiger partial charge in [-0.3, -0.25) is 0 Å². The topological polar surface area (TPSA) is 3.24 Å². The number of nitrogens with zero attached hydrogens (tertiary/aromatic N) is 1. The van der Waals surface area contributed by atoms with Gasteiger partial charge in [0.15, 0.2) is 0 Å². The number of benzene rings is 8. The van der Waals surface area contributed by atoms with Crippen LogP contribution in [0, 0.1) is 0 Å². The van der Waals surface area contributed by atoms with Crippen molar-refractivity contribution in [3.05, 3.63) is 247 Å². The highest BCUT2D eigenvalue weighted by Crippen LogP contribution is 2.71. The minimum absolute atomic E-state index is 0.226. The van der Waals surface area contributed by atoms with Crippen molar-refractivity contribution in [1.29, 1.82) is 0 Å². The van der Waals surface area contributed by atoms with Crippen LogP contribution in [0.2, 0.25) is 0 Å². The summed E-state index contributed by atoms with van der Waals surface area (Å²) >= 11 is 0. The summed E-state index contributed by atoms with van der Waals surface area (Å²) in [6.07, 6.45) is 3.82. The van der Waals surface area contributed by atoms with E-state index < -0.39 is 5.41 Å². The van der Waals surface area contributed by atoms with Crippen LogP contribution in [-0.2, 0) is 5.41 Å². The first-order valence-electron chi connectivity index (χ1n) is 19.5. The van der Waals surface area contributed by atoms with Crippen LogP contribution in [0.25, 0.3) is 45.5 Å². The van der Waals surface area contributed by atoms with Crippen LogP contribution in [0.1, 0.15) is 33.4 Å². The van der Waals surface area contributed by atoms with E-state index >= 15 is 0 Å². The lowest BCUT2D eigenvalue weighted by Gasteiger charge is -2.34. The molecule has 0 aromatic heterocycles. The van der Waals surface area contributed by atoms with E-state index in [-0.39, 0.29) is 6.99 Å². The smallest absolute Gasteiger partial charge is 0.0713 e. The first kappa shape index (κ1) is 40.9. The zero-order valence-corrected chi connectivity index (χ0v) is 38.1. The average molecular weight is 852 g/mol. The van der Waals surface area contributed by atoms with Gasteiger partial charge in [-0.1, -0.05) is 197 Å². The summed E-state index contributed by atoms with van der Waals surface area (Å²) in [5.41, 5.74) is 17.3. The zero-order valence-electron chi connectivity index (χ0n) is 32.7. The van der Waals surface area contributed by atoms with Gasteiger partial charge in [0.1, 0.15) is 0 Å². The van der Waals surface area contributed by atoms with Crippen molar-refractivity contribution in [3.8, 4) is 33.4 Å². The van der Waals surface area contributed by atoms with Crippen molar-refractivity contribution in [3.63, 3.8) is 0 Å². The maximum absolute atomic E-state index is 4.03. The Balaban J connectivity index is 0.000000915. The molecule has 0 amide bonds. The Morgan fingerprint density at radius 2 is 0.831 bits per heavy atom. The fourth-order valence-corrected chi connectivity index (χ4v) is 8.25. The number of fused-ring (bicyclic) bond motifs is 3. The molecule has 59 heavy (non-hydrogen) atoms. The molecule has 0 saturated carbocycles. The molecule has 0 spiro atoms. The summed E-state index contributed by atoms with van der Waals surface area (Å²) in [5.74, 6) is 0. The van der Waals surface area contributed by atoms with Gasteiger partial charge in [0, 0.05) is 17.1 Å². The van der Waals surface area contributed by atoms with E-state index in [4.69, 9.17) is 0 Å². The van der Waals surface area contributed by atoms with Crippen LogP contribution in [0.3, 0.4) is 0 Å². The van der Waals surface area contributed by atoms with Crippen molar-refractivity contribution in [2.24, 2.45) is 0 Å². The number of hydrogen-bond acceptors (Lipinski definition) is 1. The van der Waals surface area contributed by atoms with E-state index in [0.29, 0.717) is 0 Å². The molecule has 1 aliphatic rings. The van der Waals surface area contributed by atoms with Gasteiger partial charge in [0.05, 0.1) is 5.41 Å². The number of hydrogen-bond donors (Lipinski definition) is 0. The van der Waals surface area contributed by atoms with Crippen LogP contribution >= 0.6 is 41.7 Å². The molecule has 9 rings (SSSR count). The van der Waals surface area contributed by atoms with Crippen molar-refractivity contribution in [2.75, 3.05) is 4.90 Å². The summed E-state index contributed by atoms with van der Waals surface area (Å²) in [5, 5.41) is 0. The van der Waals surface area contributed by atoms with Gasteiger partial charge in [-0.15, -0.1) is 26.8 Å². The first-order valence-corrected chi connectivity index (χ1v) is 27.7. The molecule has 0 bridgehead atoms. The van der Waals surface area contributed by atoms with E-state index in [2.05, 4.69) is 245 Å². The largest absolute Gasteiger partial charge is 0.310 e. The Morgan fingerprint density at radius 3 is 1.27 bits per heavy atom. The molecule has 4 atom stereocenters. The standard InChI is InChI=1S/C53H39N.H7P5/c1-3-38-19-27-44(28-20-38)53(45-29-21-39(4-2)22-30-45)51-18-12-11-17-49(51)50-37-48(35-36-52(50)53)54(46-31-23-42(24-32-46)40-13-7-5-8-14-40)47-33-25-43(26-34-47)41-15-9-6-10-16-41;1-4-5(2)3/h3-37H,1-2H2;4H,1-3H2. The Bertz CT molecular complexity index is 2540. The fourth-order valence-electron chi connectivity index (χ4n) is 8.25. The van der Waals surface area contributed by atoms with Crippen LogP contribution in [0.5, 0.6) is 0 Å². The third-order valence-corrected chi connectivity index (χ3v) is 23.0. The summed E-state index contributed by atoms with van der Waals surface area (Å²) in [6, 6.07) is 72.8. The summed E-state index contributed by atoms with van der Waals surface area (Å²) in [6.45, 7) is 8.28. The molecule has 1 nitrogen and oxygen atoms in total. The highest BCUT2D eigenvalue weighted by atomic mass is 32.8. The lowest BCUT2D eigenvalue weighted by molar-refractivity contribution is 0.768. The number of rotatable bonds is 10. The quantitative estimate of drug-likeness (QED) is 0.124. The first-order chi connectivity index (χ1) is 28.9. The molecule has 1 aliphatic carbocycles. The second-order valence-electron chi connectivity index (χ2n) is 14.4. The van der Waals surface area contributed by atoms with E-state index in [0.717, 1.165) is 36.1 Å². The van der Waals surface area contributed by atoms with Crippen LogP contribution in [0.4, 0.5) is 17.1 Å². The van der Waals surface area contributed by atoms with Crippen molar-refractivity contribution in [1.82, 2.24) is 0 Å². The van der Waals surface area contributed by atoms with Gasteiger partial charge in [0.2, 0.25) is 0 Å². The van der Waals surface area contributed by atoms with Gasteiger partial charge in [-0.2, -0.15) is 0 Å². The summed E-state index contributed by atoms with van der Waals surface area (Å²) in [4.78, 5) is 2.38. The highest BCUT2D eigenvalue weighted by Gasteiger charge is 2.46. The number of anilines is 3. The Hall–Kier alpha value is -4.81. The monoisotopic (exact) mass is 851 g/mol. The Labute approximate surface area is 359 Å². The lowest BCUT2D eigenvalue weighted by Crippen LogP contribution is -2.28. The van der Waals surface area contributed by atoms with Gasteiger partial charge < -0.3 is 4.90 Å². The maximum Gasteiger partial charge on any atom is 0.0713 e. The van der Waals surface area contributed by atoms with Gasteiger partial charge >= 0.3 is 0 Å². The maximum atomic E-state index is 4.03. The third-order valence-electron chi connectivity index (χ3n) is 11.1. The highest BCUT2D eigenvalue weighted by molar-refractivity contribution is 8.77. The Morgan fingerprint density at radius 1 is 0.441 bits per heavy atom. The van der Waals surface area contributed by atoms with Gasteiger partial charge in [-0.25, -0.2) is 0 Å². The van der Waals surface area contributed by atoms with Gasteiger partial charge in [-0.05, 0) is 110 Å². The van der Waals surface area contributed by atoms with Crippen LogP contribution < -0.4 is 4.90 Å². The van der Waals surface area contributed by atoms with E-state index in [1.807, 2.05) is 12.2 Å². The minimum Gasteiger partial charge on any atom is -0.310 e. The Kier molecular flexibility index (Phi) is 12.9. The third kappa shape index (κ3) is 8.35. The molecular formula is C53H46NP5. The van der Waals surface area contributed by atoms with Crippen molar-refractivity contribution >= 4 is 70.9 Å². The molecule has 4 unspecified atom stereocenters. The molecule has 0 fully saturated rings. The van der Waals surface area contributed by atoms with Crippen molar-refractivity contribution < 1.29 is 0 Å². The predicted octanol–water partition coefficient (Wildman–Crippen LogP) is 16.6. The minimum atomic E-state index is -0.511. The van der Waals surface area contributed by atoms with E-state index in [1.54, 1.807) is 0 Å². The second kappa shape index (κ2) is 18.6. The molecule has 0 N–H and O–H groups in total. The molecule has 8 aromatic rings. The molecular weight excluding hydrogens is 805 g/mol. The van der Waals surface area contributed by atoms with Crippen molar-refractivity contribution in [2.45, 2.75) is 5.41 Å². The predicted molar refractivity (Wildman–Crippen MR) is 274 cm³/mol. The molecule has 0 heterocycles. The normalized spacial score (nSPS) is 12.3. The molecule has 0 saturated heterocycles. The molecule has 0 aliphatic heterocycles. The molecule has 288 valence electrons. The van der Waals surface area contributed by atoms with Crippen LogP contribution in [0.15, 0.2) is 213 Å². The van der Waals surface area contributed by atoms with E-state index in [9.17, 15) is 0 Å². The lowest BCUT2D eigenvalue weighted by atomic mass is 9.67. The molecule has 0 radical (unpaired) electrons. The second-order valence-corrected chi connectivity index (χ2v) is 28.3. The molecule has 6 heteroatoms. The van der Waals surface area contributed by atoms with E-state index in [1.165, 1.54) is 55.6 Å². The van der Waals surface area contributed by atoms with Crippen LogP contribution in [-0.4, -0.2) is 0 Å². The van der Waals surface area contributed by atoms with Gasteiger partial charge in [0.25, 0.3) is 0 Å². The summed E-state index contributed by atoms with van der Waals surface area (Å²) < 4.78 is 0. The average Bonchev–Trinajstić information content (AvgIpc) is 3.60. The summed E-state index contributed by atoms with van der Waals surface area (Å²) in [7, 11) is 9.24. The zero-order chi connectivity index (χ0) is 40.8. The fraction of sp³-hybridized carbons (Fsp3) is 0.0189. The molecule has 8 aromatic carbocycles.